The van der Waals surface area contributed by atoms with Crippen LogP contribution < -0.4 is 4.90 Å². The van der Waals surface area contributed by atoms with Crippen LogP contribution in [0.1, 0.15) is 45.4 Å². The van der Waals surface area contributed by atoms with E-state index in [0.717, 1.165) is 41.6 Å². The van der Waals surface area contributed by atoms with Crippen LogP contribution in [0.3, 0.4) is 0 Å². The molecule has 8 nitrogen and oxygen atoms in total. The number of amides is 1. The molecule has 0 radical (unpaired) electrons. The molecule has 0 bridgehead atoms. The summed E-state index contributed by atoms with van der Waals surface area (Å²) in [7, 11) is 0. The van der Waals surface area contributed by atoms with E-state index in [1.165, 1.54) is 19.3 Å². The van der Waals surface area contributed by atoms with E-state index in [2.05, 4.69) is 22.3 Å². The van der Waals surface area contributed by atoms with Crippen LogP contribution in [0.5, 0.6) is 0 Å². The molecule has 0 saturated heterocycles. The van der Waals surface area contributed by atoms with Crippen LogP contribution in [-0.2, 0) is 10.3 Å². The number of nitrogens with zero attached hydrogens (tertiary/aromatic N) is 7. The molecule has 1 atom stereocenters. The van der Waals surface area contributed by atoms with Gasteiger partial charge in [-0.05, 0) is 38.3 Å². The summed E-state index contributed by atoms with van der Waals surface area (Å²) in [6, 6.07) is 8.41. The molecule has 0 aliphatic heterocycles. The number of fused-ring (bicyclic) bond motifs is 2. The van der Waals surface area contributed by atoms with Gasteiger partial charge in [0, 0.05) is 42.2 Å². The first-order valence-electron chi connectivity index (χ1n) is 11.1. The first-order chi connectivity index (χ1) is 15.6. The fraction of sp³-hybridized carbons (Fsp3) is 0.458. The maximum absolute atomic E-state index is 11.7. The first kappa shape index (κ1) is 20.3. The van der Waals surface area contributed by atoms with E-state index < -0.39 is 0 Å². The predicted molar refractivity (Wildman–Crippen MR) is 118 cm³/mol. The molecular weight excluding hydrogens is 402 g/mol. The Balaban J connectivity index is 0.000000666. The number of nitriles is 2. The van der Waals surface area contributed by atoms with E-state index in [1.807, 2.05) is 42.3 Å². The second kappa shape index (κ2) is 7.49. The quantitative estimate of drug-likeness (QED) is 0.532. The van der Waals surface area contributed by atoms with Crippen molar-refractivity contribution in [3.8, 4) is 23.3 Å². The molecule has 3 heterocycles. The molecule has 3 aliphatic rings. The van der Waals surface area contributed by atoms with Crippen LogP contribution in [-0.4, -0.2) is 32.3 Å². The Morgan fingerprint density at radius 2 is 2.00 bits per heavy atom. The van der Waals surface area contributed by atoms with Gasteiger partial charge in [-0.15, -0.1) is 0 Å². The molecule has 3 fully saturated rings. The third kappa shape index (κ3) is 3.33. The van der Waals surface area contributed by atoms with Crippen LogP contribution in [0.15, 0.2) is 36.9 Å². The van der Waals surface area contributed by atoms with E-state index in [0.29, 0.717) is 13.0 Å². The molecule has 162 valence electrons. The summed E-state index contributed by atoms with van der Waals surface area (Å²) in [6.45, 7) is 2.31. The lowest BCUT2D eigenvalue weighted by Gasteiger charge is -2.18. The van der Waals surface area contributed by atoms with Crippen molar-refractivity contribution in [2.24, 2.45) is 11.3 Å². The normalized spacial score (nSPS) is 24.8. The van der Waals surface area contributed by atoms with Crippen molar-refractivity contribution in [3.05, 3.63) is 36.9 Å². The van der Waals surface area contributed by atoms with Gasteiger partial charge in [0.05, 0.1) is 40.5 Å². The lowest BCUT2D eigenvalue weighted by molar-refractivity contribution is -0.107. The van der Waals surface area contributed by atoms with Gasteiger partial charge in [-0.1, -0.05) is 19.3 Å². The Bertz CT molecular complexity index is 1250. The Hall–Kier alpha value is -3.65. The monoisotopic (exact) mass is 427 g/mol. The zero-order chi connectivity index (χ0) is 22.3. The average Bonchev–Trinajstić information content (AvgIpc) is 3.75. The van der Waals surface area contributed by atoms with Gasteiger partial charge in [-0.25, -0.2) is 4.52 Å². The molecule has 1 amide bonds. The predicted octanol–water partition coefficient (Wildman–Crippen LogP) is 3.89. The molecule has 1 unspecified atom stereocenters. The number of aromatic nitrogens is 4. The van der Waals surface area contributed by atoms with Gasteiger partial charge < -0.3 is 4.90 Å². The average molecular weight is 428 g/mol. The van der Waals surface area contributed by atoms with Gasteiger partial charge in [0.25, 0.3) is 0 Å². The highest BCUT2D eigenvalue weighted by molar-refractivity contribution is 5.87. The molecule has 0 aromatic carbocycles. The van der Waals surface area contributed by atoms with E-state index in [4.69, 9.17) is 5.26 Å². The SMILES string of the molecule is C1CC1.CC(C#N)CCN(C=O)c1ccnn2cc(-c3cnn(C45CC4(C#N)C5)c3)cc12. The van der Waals surface area contributed by atoms with Gasteiger partial charge in [-0.2, -0.15) is 20.7 Å². The molecule has 3 aromatic heterocycles. The minimum absolute atomic E-state index is 0.0890. The maximum atomic E-state index is 11.7. The smallest absolute Gasteiger partial charge is 0.214 e. The van der Waals surface area contributed by atoms with Crippen molar-refractivity contribution in [2.45, 2.75) is 51.0 Å². The highest BCUT2D eigenvalue weighted by Gasteiger charge is 2.86. The summed E-state index contributed by atoms with van der Waals surface area (Å²) < 4.78 is 3.68. The number of carbonyl (C=O) groups excluding carboxylic acids is 1. The van der Waals surface area contributed by atoms with E-state index in [-0.39, 0.29) is 16.9 Å². The molecule has 0 N–H and O–H groups in total. The zero-order valence-corrected chi connectivity index (χ0v) is 18.1. The maximum Gasteiger partial charge on any atom is 0.214 e. The van der Waals surface area contributed by atoms with Gasteiger partial charge in [0.2, 0.25) is 6.41 Å². The fourth-order valence-electron chi connectivity index (χ4n) is 4.16. The second-order valence-corrected chi connectivity index (χ2v) is 9.21. The Morgan fingerprint density at radius 1 is 1.22 bits per heavy atom. The van der Waals surface area contributed by atoms with Crippen LogP contribution in [0.2, 0.25) is 0 Å². The van der Waals surface area contributed by atoms with Gasteiger partial charge >= 0.3 is 0 Å². The lowest BCUT2D eigenvalue weighted by atomic mass is 10.1. The van der Waals surface area contributed by atoms with Crippen molar-refractivity contribution < 1.29 is 4.79 Å². The molecule has 3 saturated carbocycles. The second-order valence-electron chi connectivity index (χ2n) is 9.21. The van der Waals surface area contributed by atoms with E-state index in [9.17, 15) is 10.1 Å². The lowest BCUT2D eigenvalue weighted by Crippen LogP contribution is -2.24. The van der Waals surface area contributed by atoms with Crippen molar-refractivity contribution >= 4 is 17.6 Å². The molecule has 8 heteroatoms. The van der Waals surface area contributed by atoms with Crippen LogP contribution in [0, 0.1) is 34.0 Å². The van der Waals surface area contributed by atoms with Crippen molar-refractivity contribution in [3.63, 3.8) is 0 Å². The third-order valence-electron chi connectivity index (χ3n) is 6.70. The number of hydrogen-bond acceptors (Lipinski definition) is 5. The molecule has 6 rings (SSSR count). The molecule has 32 heavy (non-hydrogen) atoms. The number of anilines is 1. The van der Waals surface area contributed by atoms with Crippen LogP contribution in [0.4, 0.5) is 5.69 Å². The highest BCUT2D eigenvalue weighted by Crippen LogP contribution is 2.83. The summed E-state index contributed by atoms with van der Waals surface area (Å²) in [5.74, 6) is -0.117. The van der Waals surface area contributed by atoms with E-state index in [1.54, 1.807) is 15.6 Å². The Kier molecular flexibility index (Phi) is 4.74. The number of carbonyl (C=O) groups is 1. The highest BCUT2D eigenvalue weighted by atomic mass is 16.1. The van der Waals surface area contributed by atoms with Crippen molar-refractivity contribution in [2.75, 3.05) is 11.4 Å². The standard InChI is InChI=1S/C21H19N7O.C3H6/c1-15(7-22)3-5-26(14-29)18-2-4-24-27-9-16(6-19(18)27)17-8-25-28(10-17)21-11-20(21,12-21)13-23;1-2-3-1/h2,4,6,8-10,14-15H,3,5,11-12H2,1H3;1-3H2. The van der Waals surface area contributed by atoms with Crippen LogP contribution in [0.25, 0.3) is 16.6 Å². The summed E-state index contributed by atoms with van der Waals surface area (Å²) >= 11 is 0. The summed E-state index contributed by atoms with van der Waals surface area (Å²) in [6.07, 6.45) is 15.1. The van der Waals surface area contributed by atoms with Gasteiger partial charge in [0.1, 0.15) is 0 Å². The Morgan fingerprint density at radius 3 is 2.62 bits per heavy atom. The molecule has 0 spiro atoms. The third-order valence-corrected chi connectivity index (χ3v) is 6.70. The van der Waals surface area contributed by atoms with Gasteiger partial charge in [0.15, 0.2) is 0 Å². The number of hydrogen-bond donors (Lipinski definition) is 0. The van der Waals surface area contributed by atoms with Crippen LogP contribution >= 0.6 is 0 Å². The fourth-order valence-corrected chi connectivity index (χ4v) is 4.16. The molecule has 3 aromatic rings. The minimum Gasteiger partial charge on any atom is -0.313 e. The van der Waals surface area contributed by atoms with E-state index >= 15 is 0 Å². The largest absolute Gasteiger partial charge is 0.313 e. The zero-order valence-electron chi connectivity index (χ0n) is 18.1. The summed E-state index contributed by atoms with van der Waals surface area (Å²) in [5, 5.41) is 27.2. The molecule has 3 aliphatic carbocycles. The Labute approximate surface area is 186 Å². The van der Waals surface area contributed by atoms with Crippen molar-refractivity contribution in [1.29, 1.82) is 10.5 Å². The first-order valence-corrected chi connectivity index (χ1v) is 11.1. The summed E-state index contributed by atoms with van der Waals surface area (Å²) in [4.78, 5) is 13.3. The number of rotatable bonds is 7. The van der Waals surface area contributed by atoms with Crippen molar-refractivity contribution in [1.82, 2.24) is 19.4 Å². The molecular formula is C24H25N7O. The topological polar surface area (TPSA) is 103 Å². The minimum atomic E-state index is -0.193. The summed E-state index contributed by atoms with van der Waals surface area (Å²) in [5.41, 5.74) is 3.19. The van der Waals surface area contributed by atoms with Gasteiger partial charge in [-0.3, -0.25) is 9.48 Å².